The van der Waals surface area contributed by atoms with E-state index in [0.29, 0.717) is 23.4 Å². The number of nitrogens with zero attached hydrogens (tertiary/aromatic N) is 1. The molecule has 0 aromatic heterocycles. The maximum atomic E-state index is 13.2. The second kappa shape index (κ2) is 5.63. The van der Waals surface area contributed by atoms with E-state index < -0.39 is 16.0 Å². The standard InChI is InChI=1S/C18H19NO4S/c1-11-8-12(2)17(9-15(11)18(20)21)24(22,23)19-10-13(3)14-6-4-5-7-16(14)19/h4-9,13H,10H2,1-3H3,(H,20,21). The zero-order chi connectivity index (χ0) is 17.6. The molecule has 0 saturated heterocycles. The third-order valence-corrected chi connectivity index (χ3v) is 6.42. The zero-order valence-corrected chi connectivity index (χ0v) is 14.6. The van der Waals surface area contributed by atoms with Gasteiger partial charge in [-0.1, -0.05) is 31.2 Å². The van der Waals surface area contributed by atoms with Crippen molar-refractivity contribution >= 4 is 21.7 Å². The summed E-state index contributed by atoms with van der Waals surface area (Å²) in [4.78, 5) is 11.4. The summed E-state index contributed by atoms with van der Waals surface area (Å²) in [5.41, 5.74) is 2.77. The Morgan fingerprint density at radius 2 is 1.83 bits per heavy atom. The molecule has 3 rings (SSSR count). The van der Waals surface area contributed by atoms with Crippen molar-refractivity contribution in [2.75, 3.05) is 10.8 Å². The minimum absolute atomic E-state index is 0.0136. The van der Waals surface area contributed by atoms with Gasteiger partial charge >= 0.3 is 5.97 Å². The van der Waals surface area contributed by atoms with Crippen molar-refractivity contribution in [2.24, 2.45) is 0 Å². The molecule has 2 aromatic carbocycles. The van der Waals surface area contributed by atoms with Crippen LogP contribution in [0.25, 0.3) is 0 Å². The lowest BCUT2D eigenvalue weighted by Crippen LogP contribution is -2.30. The number of hydrogen-bond acceptors (Lipinski definition) is 3. The Kier molecular flexibility index (Phi) is 3.87. The van der Waals surface area contributed by atoms with Gasteiger partial charge in [0.15, 0.2) is 0 Å². The molecule has 1 atom stereocenters. The van der Waals surface area contributed by atoms with Crippen molar-refractivity contribution in [3.63, 3.8) is 0 Å². The number of rotatable bonds is 3. The molecule has 0 amide bonds. The summed E-state index contributed by atoms with van der Waals surface area (Å²) in [6.07, 6.45) is 0. The van der Waals surface area contributed by atoms with Gasteiger partial charge in [-0.3, -0.25) is 4.31 Å². The van der Waals surface area contributed by atoms with Gasteiger partial charge in [0, 0.05) is 12.5 Å². The SMILES string of the molecule is Cc1cc(C)c(S(=O)(=O)N2CC(C)c3ccccc32)cc1C(=O)O. The predicted octanol–water partition coefficient (Wildman–Crippen LogP) is 3.31. The molecule has 2 aromatic rings. The minimum atomic E-state index is -3.82. The highest BCUT2D eigenvalue weighted by Crippen LogP contribution is 2.39. The van der Waals surface area contributed by atoms with E-state index in [2.05, 4.69) is 0 Å². The third kappa shape index (κ3) is 2.47. The second-order valence-corrected chi connectivity index (χ2v) is 8.06. The van der Waals surface area contributed by atoms with E-state index in [1.165, 1.54) is 10.4 Å². The van der Waals surface area contributed by atoms with E-state index in [-0.39, 0.29) is 16.4 Å². The smallest absolute Gasteiger partial charge is 0.335 e. The van der Waals surface area contributed by atoms with Crippen LogP contribution in [0.3, 0.4) is 0 Å². The van der Waals surface area contributed by atoms with Gasteiger partial charge in [0.05, 0.1) is 16.1 Å². The molecule has 126 valence electrons. The first-order chi connectivity index (χ1) is 11.2. The summed E-state index contributed by atoms with van der Waals surface area (Å²) in [7, 11) is -3.82. The van der Waals surface area contributed by atoms with Crippen LogP contribution in [0.4, 0.5) is 5.69 Å². The summed E-state index contributed by atoms with van der Waals surface area (Å²) in [5, 5.41) is 9.30. The average Bonchev–Trinajstić information content (AvgIpc) is 2.85. The van der Waals surface area contributed by atoms with Crippen LogP contribution < -0.4 is 4.31 Å². The molecular formula is C18H19NO4S. The van der Waals surface area contributed by atoms with Crippen LogP contribution in [-0.2, 0) is 10.0 Å². The summed E-state index contributed by atoms with van der Waals surface area (Å²) in [6.45, 7) is 5.70. The molecule has 0 bridgehead atoms. The van der Waals surface area contributed by atoms with Gasteiger partial charge in [-0.25, -0.2) is 13.2 Å². The van der Waals surface area contributed by atoms with Gasteiger partial charge < -0.3 is 5.11 Å². The van der Waals surface area contributed by atoms with Crippen molar-refractivity contribution in [1.29, 1.82) is 0 Å². The van der Waals surface area contributed by atoms with E-state index in [0.717, 1.165) is 5.56 Å². The molecule has 0 fully saturated rings. The van der Waals surface area contributed by atoms with E-state index in [1.807, 2.05) is 25.1 Å². The molecule has 0 spiro atoms. The molecular weight excluding hydrogens is 326 g/mol. The van der Waals surface area contributed by atoms with Crippen LogP contribution in [0.15, 0.2) is 41.3 Å². The number of carboxylic acid groups (broad SMARTS) is 1. The summed E-state index contributed by atoms with van der Waals surface area (Å²) >= 11 is 0. The fourth-order valence-corrected chi connectivity index (χ4v) is 5.08. The maximum Gasteiger partial charge on any atom is 0.335 e. The maximum absolute atomic E-state index is 13.2. The first-order valence-electron chi connectivity index (χ1n) is 7.69. The van der Waals surface area contributed by atoms with Gasteiger partial charge in [-0.05, 0) is 42.7 Å². The normalized spacial score (nSPS) is 17.0. The van der Waals surface area contributed by atoms with Crippen LogP contribution >= 0.6 is 0 Å². The number of benzene rings is 2. The lowest BCUT2D eigenvalue weighted by atomic mass is 10.0. The largest absolute Gasteiger partial charge is 0.478 e. The summed E-state index contributed by atoms with van der Waals surface area (Å²) in [6, 6.07) is 10.3. The van der Waals surface area contributed by atoms with E-state index in [1.54, 1.807) is 26.0 Å². The highest BCUT2D eigenvalue weighted by Gasteiger charge is 2.35. The van der Waals surface area contributed by atoms with Gasteiger partial charge in [0.2, 0.25) is 0 Å². The number of hydrogen-bond donors (Lipinski definition) is 1. The Morgan fingerprint density at radius 3 is 2.50 bits per heavy atom. The number of carboxylic acids is 1. The molecule has 1 unspecified atom stereocenters. The van der Waals surface area contributed by atoms with Crippen molar-refractivity contribution < 1.29 is 18.3 Å². The van der Waals surface area contributed by atoms with Crippen LogP contribution in [0, 0.1) is 13.8 Å². The Hall–Kier alpha value is -2.34. The van der Waals surface area contributed by atoms with Crippen molar-refractivity contribution in [3.8, 4) is 0 Å². The molecule has 0 saturated carbocycles. The molecule has 1 aliphatic heterocycles. The fraction of sp³-hybridized carbons (Fsp3) is 0.278. The van der Waals surface area contributed by atoms with Crippen molar-refractivity contribution in [1.82, 2.24) is 0 Å². The topological polar surface area (TPSA) is 74.7 Å². The average molecular weight is 345 g/mol. The molecule has 24 heavy (non-hydrogen) atoms. The zero-order valence-electron chi connectivity index (χ0n) is 13.8. The number of aryl methyl sites for hydroxylation is 2. The van der Waals surface area contributed by atoms with Gasteiger partial charge in [-0.15, -0.1) is 0 Å². The summed E-state index contributed by atoms with van der Waals surface area (Å²) < 4.78 is 27.8. The molecule has 1 heterocycles. The molecule has 6 heteroatoms. The Balaban J connectivity index is 2.17. The number of fused-ring (bicyclic) bond motifs is 1. The molecule has 1 aliphatic rings. The van der Waals surface area contributed by atoms with Crippen molar-refractivity contribution in [3.05, 3.63) is 58.7 Å². The molecule has 1 N–H and O–H groups in total. The van der Waals surface area contributed by atoms with Crippen molar-refractivity contribution in [2.45, 2.75) is 31.6 Å². The molecule has 0 aliphatic carbocycles. The highest BCUT2D eigenvalue weighted by molar-refractivity contribution is 7.93. The van der Waals surface area contributed by atoms with E-state index in [4.69, 9.17) is 0 Å². The fourth-order valence-electron chi connectivity index (χ4n) is 3.26. The molecule has 5 nitrogen and oxygen atoms in total. The number of anilines is 1. The summed E-state index contributed by atoms with van der Waals surface area (Å²) in [5.74, 6) is -1.03. The van der Waals surface area contributed by atoms with Gasteiger partial charge in [0.1, 0.15) is 0 Å². The minimum Gasteiger partial charge on any atom is -0.478 e. The first-order valence-corrected chi connectivity index (χ1v) is 9.13. The molecule has 0 radical (unpaired) electrons. The van der Waals surface area contributed by atoms with E-state index >= 15 is 0 Å². The van der Waals surface area contributed by atoms with E-state index in [9.17, 15) is 18.3 Å². The number of aromatic carboxylic acids is 1. The third-order valence-electron chi connectivity index (χ3n) is 4.50. The second-order valence-electron chi connectivity index (χ2n) is 6.23. The highest BCUT2D eigenvalue weighted by atomic mass is 32.2. The lowest BCUT2D eigenvalue weighted by Gasteiger charge is -2.21. The number of sulfonamides is 1. The Labute approximate surface area is 141 Å². The first kappa shape index (κ1) is 16.5. The lowest BCUT2D eigenvalue weighted by molar-refractivity contribution is 0.0696. The van der Waals surface area contributed by atoms with Gasteiger partial charge in [-0.2, -0.15) is 0 Å². The van der Waals surface area contributed by atoms with Gasteiger partial charge in [0.25, 0.3) is 10.0 Å². The number of para-hydroxylation sites is 1. The number of carbonyl (C=O) groups is 1. The quantitative estimate of drug-likeness (QED) is 0.926. The Bertz CT molecular complexity index is 934. The van der Waals surface area contributed by atoms with Crippen LogP contribution in [0.5, 0.6) is 0 Å². The van der Waals surface area contributed by atoms with Crippen LogP contribution in [0.1, 0.15) is 39.9 Å². The Morgan fingerprint density at radius 1 is 1.17 bits per heavy atom. The predicted molar refractivity (Wildman–Crippen MR) is 92.3 cm³/mol. The van der Waals surface area contributed by atoms with Crippen LogP contribution in [-0.4, -0.2) is 26.0 Å². The monoisotopic (exact) mass is 345 g/mol. The van der Waals surface area contributed by atoms with Crippen LogP contribution in [0.2, 0.25) is 0 Å².